The zero-order chi connectivity index (χ0) is 69.1. The molecule has 23 heteroatoms. The number of anilines is 1. The molecule has 5 aromatic rings. The molecule has 5 aromatic carbocycles. The molecule has 3 aliphatic heterocycles. The largest absolute Gasteiger partial charge is 0.493 e. The van der Waals surface area contributed by atoms with Gasteiger partial charge in [0, 0.05) is 52.1 Å². The lowest BCUT2D eigenvalue weighted by Gasteiger charge is -2.36. The Morgan fingerprint density at radius 3 is 2.03 bits per heavy atom. The predicted molar refractivity (Wildman–Crippen MR) is 357 cm³/mol. The third-order valence-corrected chi connectivity index (χ3v) is 17.4. The summed E-state index contributed by atoms with van der Waals surface area (Å²) < 4.78 is 28.9. The number of Topliss-reactive ketones (excluding diaryl/α,β-unsaturated/α-hetero) is 1. The van der Waals surface area contributed by atoms with E-state index in [0.717, 1.165) is 17.3 Å². The fourth-order valence-corrected chi connectivity index (χ4v) is 11.9. The molecule has 2 bridgehead atoms. The summed E-state index contributed by atoms with van der Waals surface area (Å²) in [5.41, 5.74) is 2.01. The average Bonchev–Trinajstić information content (AvgIpc) is 1.73. The van der Waals surface area contributed by atoms with Crippen molar-refractivity contribution in [1.29, 1.82) is 0 Å². The molecule has 3 N–H and O–H groups in total. The summed E-state index contributed by atoms with van der Waals surface area (Å²) in [5.74, 6) is -5.70. The van der Waals surface area contributed by atoms with E-state index in [1.54, 1.807) is 91.0 Å². The minimum atomic E-state index is -1.57. The Labute approximate surface area is 560 Å². The Hall–Kier alpha value is -9.93. The van der Waals surface area contributed by atoms with Gasteiger partial charge >= 0.3 is 11.9 Å². The number of fused-ring (bicyclic) bond motifs is 4. The van der Waals surface area contributed by atoms with Gasteiger partial charge in [-0.1, -0.05) is 105 Å². The van der Waals surface area contributed by atoms with Gasteiger partial charge in [-0.3, -0.25) is 43.3 Å². The molecule has 1 unspecified atom stereocenters. The molecule has 0 aliphatic carbocycles. The fraction of sp³-hybridized carbons (Fsp3) is 0.438. The van der Waals surface area contributed by atoms with E-state index < -0.39 is 107 Å². The Morgan fingerprint density at radius 2 is 1.32 bits per heavy atom. The van der Waals surface area contributed by atoms with Crippen molar-refractivity contribution in [2.75, 3.05) is 60.0 Å². The van der Waals surface area contributed by atoms with Gasteiger partial charge < -0.3 is 59.2 Å². The minimum Gasteiger partial charge on any atom is -0.493 e. The van der Waals surface area contributed by atoms with E-state index in [1.807, 2.05) is 50.2 Å². The van der Waals surface area contributed by atoms with Gasteiger partial charge in [0.05, 0.1) is 19.6 Å². The summed E-state index contributed by atoms with van der Waals surface area (Å²) in [6.07, 6.45) is 1.84. The van der Waals surface area contributed by atoms with Crippen LogP contribution in [0.4, 0.5) is 5.69 Å². The van der Waals surface area contributed by atoms with Crippen LogP contribution in [0, 0.1) is 11.3 Å². The maximum atomic E-state index is 15.3. The number of carbonyl (C=O) groups is 10. The number of likely N-dealkylation sites (N-methyl/N-ethyl adjacent to an activating group) is 2. The number of nitrogens with one attached hydrogen (secondary N) is 3. The van der Waals surface area contributed by atoms with Crippen LogP contribution in [-0.2, 0) is 76.9 Å². The van der Waals surface area contributed by atoms with E-state index in [4.69, 9.17) is 23.7 Å². The first-order chi connectivity index (χ1) is 46.0. The highest BCUT2D eigenvalue weighted by Crippen LogP contribution is 2.33. The molecule has 3 heterocycles. The first-order valence-electron chi connectivity index (χ1n) is 32.6. The molecule has 3 aliphatic rings. The number of rotatable bonds is 13. The highest BCUT2D eigenvalue weighted by Gasteiger charge is 2.44. The number of methoxy groups -OCH3 is 2. The second-order valence-electron chi connectivity index (χ2n) is 25.5. The number of amides is 7. The van der Waals surface area contributed by atoms with Gasteiger partial charge in [0.1, 0.15) is 68.2 Å². The van der Waals surface area contributed by atoms with Crippen LogP contribution < -0.4 is 30.2 Å². The molecule has 7 amide bonds. The van der Waals surface area contributed by atoms with Gasteiger partial charge in [0.2, 0.25) is 41.2 Å². The van der Waals surface area contributed by atoms with Crippen molar-refractivity contribution >= 4 is 71.0 Å². The molecule has 510 valence electrons. The zero-order valence-electron chi connectivity index (χ0n) is 55.9. The Bertz CT molecular complexity index is 3600. The summed E-state index contributed by atoms with van der Waals surface area (Å²) in [5, 5.41) is 8.59. The monoisotopic (exact) mass is 1320 g/mol. The molecule has 0 spiro atoms. The molecule has 6 atom stereocenters. The number of aliphatic imine (C=N–C) groups is 1. The lowest BCUT2D eigenvalue weighted by molar-refractivity contribution is -0.165. The normalized spacial score (nSPS) is 22.0. The highest BCUT2D eigenvalue weighted by molar-refractivity contribution is 6.38. The van der Waals surface area contributed by atoms with Crippen LogP contribution in [0.2, 0.25) is 0 Å². The summed E-state index contributed by atoms with van der Waals surface area (Å²) in [7, 11) is 6.00. The summed E-state index contributed by atoms with van der Waals surface area (Å²) in [6.45, 7) is 6.32. The lowest BCUT2D eigenvalue weighted by Crippen LogP contribution is -2.58. The van der Waals surface area contributed by atoms with Crippen molar-refractivity contribution in [3.05, 3.63) is 155 Å². The van der Waals surface area contributed by atoms with E-state index in [-0.39, 0.29) is 70.6 Å². The Kier molecular flexibility index (Phi) is 25.4. The molecule has 0 aromatic heterocycles. The third kappa shape index (κ3) is 19.4. The van der Waals surface area contributed by atoms with Crippen molar-refractivity contribution in [1.82, 2.24) is 30.2 Å². The van der Waals surface area contributed by atoms with Crippen LogP contribution in [0.5, 0.6) is 17.2 Å². The number of carbonyl (C=O) groups excluding carboxylic acids is 10. The maximum Gasteiger partial charge on any atom is 0.349 e. The number of ether oxygens (including phenoxy) is 5. The standard InChI is InChI=1S/C73H88N8O15/c1-47(2)39-58-69(88)78(5)46-74-43-64(84)95-45-73(3,4)66(85)71(90)81-37-16-15-25-57(81)72(91)96-59(33-29-49-30-34-60(92-7)61(41-49)93-8)52-23-17-24-53(42-52)75-62(82)35-36-63(83)77-65(51-21-13-10-14-22-51)67(86)76-55(68(87)80-38-18-26-56(80)70(89)79(58)6)40-48-27-31-54(32-28-48)94-44-50-19-11-9-12-20-50/h9-14,17,19-24,27-28,30-32,34,41-43,47,55-59,65H,15-16,18,25-26,29,33,35-40,44-46H2,1-8H3,(H,75,82)(H,76,86)(H,77,83)/t55-,56+,57-,58-,59+,65?/m0/s1. The number of esters is 2. The van der Waals surface area contributed by atoms with E-state index in [2.05, 4.69) is 20.9 Å². The van der Waals surface area contributed by atoms with Crippen LogP contribution in [0.25, 0.3) is 0 Å². The summed E-state index contributed by atoms with van der Waals surface area (Å²) in [4.78, 5) is 153. The van der Waals surface area contributed by atoms with Crippen LogP contribution >= 0.6 is 0 Å². The second-order valence-corrected chi connectivity index (χ2v) is 25.5. The maximum absolute atomic E-state index is 15.3. The number of aryl methyl sites for hydroxylation is 1. The van der Waals surface area contributed by atoms with Gasteiger partial charge in [-0.15, -0.1) is 0 Å². The molecule has 2 fully saturated rings. The minimum absolute atomic E-state index is 0.0449. The predicted octanol–water partition coefficient (Wildman–Crippen LogP) is 7.69. The molecule has 96 heavy (non-hydrogen) atoms. The van der Waals surface area contributed by atoms with Gasteiger partial charge in [0.15, 0.2) is 11.5 Å². The van der Waals surface area contributed by atoms with Gasteiger partial charge in [-0.25, -0.2) is 9.59 Å². The van der Waals surface area contributed by atoms with Gasteiger partial charge in [-0.2, -0.15) is 0 Å². The van der Waals surface area contributed by atoms with Gasteiger partial charge in [0.25, 0.3) is 5.91 Å². The average molecular weight is 1320 g/mol. The molecule has 0 saturated carbocycles. The third-order valence-electron chi connectivity index (χ3n) is 17.4. The zero-order valence-corrected chi connectivity index (χ0v) is 55.9. The van der Waals surface area contributed by atoms with E-state index in [9.17, 15) is 43.2 Å². The van der Waals surface area contributed by atoms with Crippen molar-refractivity contribution in [3.63, 3.8) is 0 Å². The number of cyclic esters (lactones) is 2. The number of benzene rings is 5. The Balaban J connectivity index is 1.10. The van der Waals surface area contributed by atoms with Crippen LogP contribution in [0.15, 0.2) is 132 Å². The smallest absolute Gasteiger partial charge is 0.349 e. The van der Waals surface area contributed by atoms with E-state index in [1.165, 1.54) is 61.8 Å². The molecular weight excluding hydrogens is 1230 g/mol. The van der Waals surface area contributed by atoms with Crippen molar-refractivity contribution < 1.29 is 71.6 Å². The van der Waals surface area contributed by atoms with Crippen molar-refractivity contribution in [3.8, 4) is 17.2 Å². The van der Waals surface area contributed by atoms with Gasteiger partial charge in [-0.05, 0) is 135 Å². The number of ketones is 1. The number of nitrogens with zero attached hydrogens (tertiary/aromatic N) is 5. The summed E-state index contributed by atoms with van der Waals surface area (Å²) in [6, 6.07) is 31.3. The fourth-order valence-electron chi connectivity index (χ4n) is 11.9. The van der Waals surface area contributed by atoms with Crippen LogP contribution in [0.3, 0.4) is 0 Å². The van der Waals surface area contributed by atoms with Crippen LogP contribution in [-0.4, -0.2) is 164 Å². The number of hydrogen-bond donors (Lipinski definition) is 3. The lowest BCUT2D eigenvalue weighted by atomic mass is 9.87. The SMILES string of the molecule is COc1ccc(CC[C@H]2OC(=O)[C@@H]3CCCCN3C(=O)C(=O)C(C)(C)COC(=O)C=NCN(C)C(=O)[C@H](CC(C)C)N(C)C(=O)[C@H]3CCCN3C(=O)[C@H](Cc3ccc(OCc4ccccc4)cc3)NC(=O)C(c3ccccc3)NC(=O)CCC(=O)Nc3cccc2c3)cc1OC. The number of piperidine rings is 1. The van der Waals surface area contributed by atoms with Crippen molar-refractivity contribution in [2.45, 2.75) is 141 Å². The van der Waals surface area contributed by atoms with Crippen molar-refractivity contribution in [2.24, 2.45) is 16.3 Å². The van der Waals surface area contributed by atoms with E-state index in [0.29, 0.717) is 71.9 Å². The molecule has 8 rings (SSSR count). The topological polar surface area (TPSA) is 278 Å². The summed E-state index contributed by atoms with van der Waals surface area (Å²) >= 11 is 0. The van der Waals surface area contributed by atoms with Crippen LogP contribution in [0.1, 0.15) is 125 Å². The molecular formula is C73H88N8O15. The molecule has 0 radical (unpaired) electrons. The highest BCUT2D eigenvalue weighted by atomic mass is 16.5. The first kappa shape index (κ1) is 71.9. The quantitative estimate of drug-likeness (QED) is 0.0753. The molecule has 23 nitrogen and oxygen atoms in total. The van der Waals surface area contributed by atoms with E-state index >= 15 is 4.79 Å². The number of hydrogen-bond acceptors (Lipinski definition) is 16. The second kappa shape index (κ2) is 34.0. The first-order valence-corrected chi connectivity index (χ1v) is 32.6. The molecule has 2 saturated heterocycles. The Morgan fingerprint density at radius 1 is 0.656 bits per heavy atom.